The Hall–Kier alpha value is -4.26. The molecular formula is C29H30F3N5O5. The van der Waals surface area contributed by atoms with Crippen LogP contribution in [-0.2, 0) is 25.2 Å². The quantitative estimate of drug-likeness (QED) is 0.269. The second kappa shape index (κ2) is 11.6. The smallest absolute Gasteiger partial charge is 0.433 e. The maximum Gasteiger partial charge on any atom is 0.433 e. The van der Waals surface area contributed by atoms with Crippen LogP contribution >= 0.6 is 0 Å². The summed E-state index contributed by atoms with van der Waals surface area (Å²) < 4.78 is 59.1. The minimum Gasteiger partial charge on any atom is -0.491 e. The fourth-order valence-corrected chi connectivity index (χ4v) is 4.53. The van der Waals surface area contributed by atoms with E-state index in [1.54, 1.807) is 56.7 Å². The summed E-state index contributed by atoms with van der Waals surface area (Å²) in [5, 5.41) is 3.93. The van der Waals surface area contributed by atoms with Crippen molar-refractivity contribution in [2.75, 3.05) is 11.9 Å². The van der Waals surface area contributed by atoms with E-state index in [1.165, 1.54) is 18.5 Å². The molecule has 1 aromatic carbocycles. The third kappa shape index (κ3) is 6.15. The molecule has 222 valence electrons. The summed E-state index contributed by atoms with van der Waals surface area (Å²) >= 11 is 0. The Morgan fingerprint density at radius 3 is 2.57 bits per heavy atom. The summed E-state index contributed by atoms with van der Waals surface area (Å²) in [7, 11) is 0. The predicted octanol–water partition coefficient (Wildman–Crippen LogP) is 5.53. The SMILES string of the molecule is CC(C)C(=O)Nc1ncnc2c1ccn2[C@@H]1O[C@H](COc2ccc3ccc(C(F)(F)F)nc3c2)C[C@H]1OC(=O)C(C)C. The van der Waals surface area contributed by atoms with Gasteiger partial charge in [0, 0.05) is 30.0 Å². The molecule has 5 rings (SSSR count). The Morgan fingerprint density at radius 2 is 1.86 bits per heavy atom. The van der Waals surface area contributed by atoms with Crippen molar-refractivity contribution < 1.29 is 37.0 Å². The summed E-state index contributed by atoms with van der Waals surface area (Å²) in [6.45, 7) is 7.05. The lowest BCUT2D eigenvalue weighted by Gasteiger charge is -2.22. The number of alkyl halides is 3. The van der Waals surface area contributed by atoms with Gasteiger partial charge in [0.1, 0.15) is 41.9 Å². The number of hydrogen-bond donors (Lipinski definition) is 1. The van der Waals surface area contributed by atoms with E-state index in [9.17, 15) is 22.8 Å². The number of fused-ring (bicyclic) bond motifs is 2. The van der Waals surface area contributed by atoms with E-state index in [1.807, 2.05) is 0 Å². The number of pyridine rings is 1. The molecule has 1 N–H and O–H groups in total. The van der Waals surface area contributed by atoms with Gasteiger partial charge in [-0.2, -0.15) is 13.2 Å². The highest BCUT2D eigenvalue weighted by Crippen LogP contribution is 2.36. The molecule has 1 aliphatic heterocycles. The molecule has 0 radical (unpaired) electrons. The van der Waals surface area contributed by atoms with Gasteiger partial charge in [0.2, 0.25) is 5.91 Å². The topological polar surface area (TPSA) is 117 Å². The zero-order valence-corrected chi connectivity index (χ0v) is 23.4. The van der Waals surface area contributed by atoms with E-state index in [2.05, 4.69) is 20.3 Å². The fraction of sp³-hybridized carbons (Fsp3) is 0.414. The Balaban J connectivity index is 1.37. The number of carbonyl (C=O) groups excluding carboxylic acids is 2. The molecule has 0 spiro atoms. The fourth-order valence-electron chi connectivity index (χ4n) is 4.53. The van der Waals surface area contributed by atoms with Gasteiger partial charge < -0.3 is 24.1 Å². The molecular weight excluding hydrogens is 555 g/mol. The molecule has 4 aromatic rings. The van der Waals surface area contributed by atoms with Gasteiger partial charge in [-0.05, 0) is 24.3 Å². The molecule has 1 saturated heterocycles. The van der Waals surface area contributed by atoms with Gasteiger partial charge in [-0.25, -0.2) is 15.0 Å². The summed E-state index contributed by atoms with van der Waals surface area (Å²) in [5.41, 5.74) is -0.365. The molecule has 13 heteroatoms. The van der Waals surface area contributed by atoms with E-state index >= 15 is 0 Å². The number of ether oxygens (including phenoxy) is 3. The highest BCUT2D eigenvalue weighted by molar-refractivity contribution is 5.99. The number of nitrogens with one attached hydrogen (secondary N) is 1. The molecule has 1 fully saturated rings. The van der Waals surface area contributed by atoms with Crippen molar-refractivity contribution in [1.82, 2.24) is 19.5 Å². The van der Waals surface area contributed by atoms with Crippen molar-refractivity contribution in [3.05, 3.63) is 54.6 Å². The van der Waals surface area contributed by atoms with Crippen LogP contribution in [0.2, 0.25) is 0 Å². The maximum atomic E-state index is 13.1. The third-order valence-corrected chi connectivity index (χ3v) is 6.82. The van der Waals surface area contributed by atoms with Crippen LogP contribution in [0.1, 0.15) is 46.0 Å². The van der Waals surface area contributed by atoms with Gasteiger partial charge in [-0.3, -0.25) is 9.59 Å². The van der Waals surface area contributed by atoms with Crippen LogP contribution in [0.5, 0.6) is 5.75 Å². The third-order valence-electron chi connectivity index (χ3n) is 6.82. The Morgan fingerprint density at radius 1 is 1.10 bits per heavy atom. The van der Waals surface area contributed by atoms with Crippen LogP contribution in [0.15, 0.2) is 48.9 Å². The summed E-state index contributed by atoms with van der Waals surface area (Å²) in [4.78, 5) is 37.2. The maximum absolute atomic E-state index is 13.1. The van der Waals surface area contributed by atoms with Gasteiger partial charge >= 0.3 is 12.1 Å². The number of amides is 1. The largest absolute Gasteiger partial charge is 0.491 e. The normalized spacial score (nSPS) is 19.1. The minimum absolute atomic E-state index is 0.0422. The van der Waals surface area contributed by atoms with Gasteiger partial charge in [0.15, 0.2) is 6.23 Å². The number of carbonyl (C=O) groups is 2. The van der Waals surface area contributed by atoms with Crippen LogP contribution in [0.3, 0.4) is 0 Å². The number of halogens is 3. The summed E-state index contributed by atoms with van der Waals surface area (Å²) in [6.07, 6.45) is -3.16. The van der Waals surface area contributed by atoms with E-state index in [0.717, 1.165) is 6.07 Å². The average Bonchev–Trinajstić information content (AvgIpc) is 3.55. The molecule has 1 aliphatic rings. The molecule has 4 heterocycles. The van der Waals surface area contributed by atoms with Crippen molar-refractivity contribution in [2.45, 2.75) is 58.7 Å². The number of hydrogen-bond acceptors (Lipinski definition) is 8. The molecule has 0 aliphatic carbocycles. The first-order valence-electron chi connectivity index (χ1n) is 13.5. The number of benzene rings is 1. The lowest BCUT2D eigenvalue weighted by molar-refractivity contribution is -0.158. The summed E-state index contributed by atoms with van der Waals surface area (Å²) in [6, 6.07) is 8.75. The zero-order chi connectivity index (χ0) is 30.2. The van der Waals surface area contributed by atoms with Crippen molar-refractivity contribution >= 4 is 39.6 Å². The first kappa shape index (κ1) is 29.2. The first-order valence-corrected chi connectivity index (χ1v) is 13.5. The van der Waals surface area contributed by atoms with Crippen molar-refractivity contribution in [3.63, 3.8) is 0 Å². The Bertz CT molecular complexity index is 1620. The standard InChI is InChI=1S/C29H30F3N5O5/c1-15(2)26(38)36-24-20-9-10-37(25(20)34-14-33-24)27-22(42-28(39)16(3)4)12-19(41-27)13-40-18-7-5-17-6-8-23(29(30,31)32)35-21(17)11-18/h5-11,14-16,19,22,27H,12-13H2,1-4H3,(H,33,34,36,38)/t19-,22+,27+/m0/s1. The molecule has 3 aromatic heterocycles. The van der Waals surface area contributed by atoms with Crippen molar-refractivity contribution in [2.24, 2.45) is 11.8 Å². The van der Waals surface area contributed by atoms with Crippen molar-refractivity contribution in [1.29, 1.82) is 0 Å². The second-order valence-corrected chi connectivity index (χ2v) is 10.7. The van der Waals surface area contributed by atoms with Crippen LogP contribution in [-0.4, -0.2) is 50.2 Å². The van der Waals surface area contributed by atoms with Crippen LogP contribution in [0.4, 0.5) is 19.0 Å². The predicted molar refractivity (Wildman–Crippen MR) is 146 cm³/mol. The van der Waals surface area contributed by atoms with E-state index < -0.39 is 36.3 Å². The molecule has 10 nitrogen and oxygen atoms in total. The highest BCUT2D eigenvalue weighted by Gasteiger charge is 2.41. The van der Waals surface area contributed by atoms with Gasteiger partial charge in [0.25, 0.3) is 0 Å². The van der Waals surface area contributed by atoms with E-state index in [4.69, 9.17) is 14.2 Å². The van der Waals surface area contributed by atoms with Gasteiger partial charge in [-0.15, -0.1) is 0 Å². The number of aromatic nitrogens is 4. The minimum atomic E-state index is -4.56. The molecule has 3 atom stereocenters. The average molecular weight is 586 g/mol. The second-order valence-electron chi connectivity index (χ2n) is 10.7. The van der Waals surface area contributed by atoms with Gasteiger partial charge in [-0.1, -0.05) is 33.8 Å². The zero-order valence-electron chi connectivity index (χ0n) is 23.4. The molecule has 42 heavy (non-hydrogen) atoms. The van der Waals surface area contributed by atoms with Crippen molar-refractivity contribution in [3.8, 4) is 5.75 Å². The van der Waals surface area contributed by atoms with Crippen LogP contribution in [0, 0.1) is 11.8 Å². The van der Waals surface area contributed by atoms with E-state index in [0.29, 0.717) is 34.4 Å². The molecule has 0 unspecified atom stereocenters. The number of nitrogens with zero attached hydrogens (tertiary/aromatic N) is 4. The molecule has 1 amide bonds. The molecule has 0 bridgehead atoms. The first-order chi connectivity index (χ1) is 19.9. The Kier molecular flexibility index (Phi) is 8.04. The number of anilines is 1. The molecule has 0 saturated carbocycles. The van der Waals surface area contributed by atoms with Crippen LogP contribution in [0.25, 0.3) is 21.9 Å². The lowest BCUT2D eigenvalue weighted by atomic mass is 10.1. The van der Waals surface area contributed by atoms with Crippen LogP contribution < -0.4 is 10.1 Å². The monoisotopic (exact) mass is 585 g/mol. The summed E-state index contributed by atoms with van der Waals surface area (Å²) in [5.74, 6) is -0.534. The number of rotatable bonds is 8. The van der Waals surface area contributed by atoms with Gasteiger partial charge in [0.05, 0.1) is 22.9 Å². The Labute approximate surface area is 239 Å². The lowest BCUT2D eigenvalue weighted by Crippen LogP contribution is -2.27. The number of esters is 1. The highest BCUT2D eigenvalue weighted by atomic mass is 19.4. The van der Waals surface area contributed by atoms with E-state index in [-0.39, 0.29) is 29.9 Å².